The summed E-state index contributed by atoms with van der Waals surface area (Å²) in [6, 6.07) is 58.1. The van der Waals surface area contributed by atoms with E-state index in [-0.39, 0.29) is 17.4 Å². The zero-order valence-corrected chi connectivity index (χ0v) is 33.2. The van der Waals surface area contributed by atoms with Gasteiger partial charge in [0.2, 0.25) is 0 Å². The number of benzene rings is 7. The second kappa shape index (κ2) is 13.3. The number of furan rings is 1. The number of para-hydroxylation sites is 2. The molecule has 2 aromatic heterocycles. The summed E-state index contributed by atoms with van der Waals surface area (Å²) in [6.07, 6.45) is 8.28. The Labute approximate surface area is 348 Å². The fourth-order valence-electron chi connectivity index (χ4n) is 9.69. The molecular weight excluding hydrogens is 735 g/mol. The Balaban J connectivity index is 0.996. The lowest BCUT2D eigenvalue weighted by atomic mass is 9.82. The first-order chi connectivity index (χ1) is 29.5. The van der Waals surface area contributed by atoms with E-state index in [2.05, 4.69) is 170 Å². The molecule has 2 aliphatic carbocycles. The molecule has 0 saturated carbocycles. The average Bonchev–Trinajstić information content (AvgIpc) is 3.95. The molecular formula is C55H39N3O2. The summed E-state index contributed by atoms with van der Waals surface area (Å²) in [6.45, 7) is 4.67. The number of allylic oxidation sites excluding steroid dienone is 2. The van der Waals surface area contributed by atoms with Gasteiger partial charge in [-0.1, -0.05) is 147 Å². The number of anilines is 3. The summed E-state index contributed by atoms with van der Waals surface area (Å²) >= 11 is 0. The number of ether oxygens (including phenoxy) is 1. The highest BCUT2D eigenvalue weighted by molar-refractivity contribution is 6.16. The predicted octanol–water partition coefficient (Wildman–Crippen LogP) is 14.1. The zero-order valence-electron chi connectivity index (χ0n) is 33.2. The molecule has 1 aliphatic heterocycles. The van der Waals surface area contributed by atoms with E-state index >= 15 is 0 Å². The summed E-state index contributed by atoms with van der Waals surface area (Å²) in [7, 11) is 0. The first kappa shape index (κ1) is 34.5. The van der Waals surface area contributed by atoms with E-state index in [9.17, 15) is 0 Å². The Morgan fingerprint density at radius 1 is 0.550 bits per heavy atom. The molecule has 7 aromatic carbocycles. The first-order valence-corrected chi connectivity index (χ1v) is 20.6. The maximum Gasteiger partial charge on any atom is 0.168 e. The van der Waals surface area contributed by atoms with Gasteiger partial charge in [-0.05, 0) is 82.4 Å². The van der Waals surface area contributed by atoms with Gasteiger partial charge in [-0.25, -0.2) is 9.97 Å². The van der Waals surface area contributed by atoms with Gasteiger partial charge >= 0.3 is 0 Å². The molecule has 2 unspecified atom stereocenters. The molecule has 0 N–H and O–H groups in total. The monoisotopic (exact) mass is 773 g/mol. The van der Waals surface area contributed by atoms with Gasteiger partial charge in [0.25, 0.3) is 0 Å². The predicted molar refractivity (Wildman–Crippen MR) is 243 cm³/mol. The molecule has 60 heavy (non-hydrogen) atoms. The van der Waals surface area contributed by atoms with Crippen LogP contribution in [0.4, 0.5) is 17.1 Å². The Kier molecular flexibility index (Phi) is 7.64. The molecule has 0 spiro atoms. The number of fused-ring (bicyclic) bond motifs is 9. The third-order valence-electron chi connectivity index (χ3n) is 12.6. The van der Waals surface area contributed by atoms with Gasteiger partial charge in [0, 0.05) is 49.9 Å². The van der Waals surface area contributed by atoms with Crippen LogP contribution in [0.25, 0.3) is 66.8 Å². The lowest BCUT2D eigenvalue weighted by Crippen LogP contribution is -2.16. The average molecular weight is 774 g/mol. The molecule has 0 radical (unpaired) electrons. The van der Waals surface area contributed by atoms with Crippen LogP contribution in [0.2, 0.25) is 0 Å². The van der Waals surface area contributed by atoms with E-state index in [1.54, 1.807) is 0 Å². The van der Waals surface area contributed by atoms with Crippen LogP contribution >= 0.6 is 0 Å². The molecule has 5 nitrogen and oxygen atoms in total. The summed E-state index contributed by atoms with van der Waals surface area (Å²) in [4.78, 5) is 12.8. The molecule has 0 saturated heterocycles. The minimum Gasteiger partial charge on any atom is -0.481 e. The lowest BCUT2D eigenvalue weighted by molar-refractivity contribution is 0.269. The molecule has 9 aromatic rings. The van der Waals surface area contributed by atoms with Crippen molar-refractivity contribution in [1.82, 2.24) is 9.97 Å². The van der Waals surface area contributed by atoms with Gasteiger partial charge < -0.3 is 14.1 Å². The second-order valence-electron chi connectivity index (χ2n) is 16.4. The fourth-order valence-corrected chi connectivity index (χ4v) is 9.69. The van der Waals surface area contributed by atoms with Crippen LogP contribution < -0.4 is 9.64 Å². The molecule has 0 bridgehead atoms. The van der Waals surface area contributed by atoms with Gasteiger partial charge in [0.1, 0.15) is 23.0 Å². The highest BCUT2D eigenvalue weighted by Crippen LogP contribution is 2.52. The standard InChI is InChI=1S/C55H39N3O2/c1-55(2)45-22-12-9-19-40(45)41-30-29-38(33-46(41)55)58(36-17-7-4-8-18-36)37-27-25-34(26-28-37)39-31-32-44(49-42-20-10-13-23-47(42)59-52(39)49)51-53-50(43-21-11-14-24-48(43)60-53)56-54(57-51)35-15-5-3-6-16-35/h3-33,43,48H,1-2H3. The van der Waals surface area contributed by atoms with E-state index in [0.717, 1.165) is 78.4 Å². The highest BCUT2D eigenvalue weighted by Gasteiger charge is 2.38. The van der Waals surface area contributed by atoms with Crippen molar-refractivity contribution in [2.24, 2.45) is 0 Å². The maximum absolute atomic E-state index is 6.82. The van der Waals surface area contributed by atoms with Gasteiger partial charge in [-0.2, -0.15) is 0 Å². The van der Waals surface area contributed by atoms with Crippen molar-refractivity contribution in [3.05, 3.63) is 205 Å². The van der Waals surface area contributed by atoms with Crippen molar-refractivity contribution in [2.45, 2.75) is 31.3 Å². The lowest BCUT2D eigenvalue weighted by Gasteiger charge is -2.28. The molecule has 3 heterocycles. The van der Waals surface area contributed by atoms with E-state index in [1.165, 1.54) is 22.3 Å². The van der Waals surface area contributed by atoms with Crippen LogP contribution in [0.1, 0.15) is 36.6 Å². The minimum atomic E-state index is -0.131. The normalized spacial score (nSPS) is 16.6. The quantitative estimate of drug-likeness (QED) is 0.168. The summed E-state index contributed by atoms with van der Waals surface area (Å²) in [5, 5.41) is 2.03. The Bertz CT molecular complexity index is 3220. The van der Waals surface area contributed by atoms with Crippen LogP contribution in [0.3, 0.4) is 0 Å². The molecule has 5 heteroatoms. The van der Waals surface area contributed by atoms with Crippen LogP contribution in [-0.4, -0.2) is 16.1 Å². The number of nitrogens with zero attached hydrogens (tertiary/aromatic N) is 3. The van der Waals surface area contributed by atoms with Gasteiger partial charge in [-0.15, -0.1) is 0 Å². The molecule has 2 atom stereocenters. The van der Waals surface area contributed by atoms with Crippen molar-refractivity contribution in [3.63, 3.8) is 0 Å². The number of hydrogen-bond acceptors (Lipinski definition) is 5. The fraction of sp³-hybridized carbons (Fsp3) is 0.0909. The topological polar surface area (TPSA) is 51.4 Å². The van der Waals surface area contributed by atoms with Gasteiger partial charge in [0.05, 0.1) is 11.6 Å². The van der Waals surface area contributed by atoms with E-state index in [4.69, 9.17) is 19.1 Å². The van der Waals surface area contributed by atoms with Crippen molar-refractivity contribution < 1.29 is 9.15 Å². The van der Waals surface area contributed by atoms with Crippen LogP contribution in [0.5, 0.6) is 5.75 Å². The van der Waals surface area contributed by atoms with Crippen molar-refractivity contribution >= 4 is 39.0 Å². The summed E-state index contributed by atoms with van der Waals surface area (Å²) in [5.41, 5.74) is 15.8. The summed E-state index contributed by atoms with van der Waals surface area (Å²) < 4.78 is 13.5. The van der Waals surface area contributed by atoms with Crippen molar-refractivity contribution in [2.75, 3.05) is 4.90 Å². The SMILES string of the molecule is CC1(C)c2ccccc2-c2ccc(N(c3ccccc3)c3ccc(-c4ccc(-c5nc(-c6ccccc6)nc6c5OC5C=CC=CC65)c5c4oc4ccccc45)cc3)cc21. The Morgan fingerprint density at radius 2 is 1.22 bits per heavy atom. The van der Waals surface area contributed by atoms with E-state index < -0.39 is 0 Å². The Hall–Kier alpha value is -7.50. The van der Waals surface area contributed by atoms with E-state index in [1.807, 2.05) is 36.4 Å². The number of rotatable bonds is 6. The smallest absolute Gasteiger partial charge is 0.168 e. The summed E-state index contributed by atoms with van der Waals surface area (Å²) in [5.74, 6) is 1.42. The van der Waals surface area contributed by atoms with Crippen LogP contribution in [-0.2, 0) is 5.41 Å². The number of hydrogen-bond donors (Lipinski definition) is 0. The zero-order chi connectivity index (χ0) is 40.0. The second-order valence-corrected chi connectivity index (χ2v) is 16.4. The molecule has 0 amide bonds. The number of aromatic nitrogens is 2. The van der Waals surface area contributed by atoms with Crippen molar-refractivity contribution in [3.8, 4) is 50.6 Å². The van der Waals surface area contributed by atoms with Crippen LogP contribution in [0, 0.1) is 0 Å². The molecule has 286 valence electrons. The minimum absolute atomic E-state index is 0.0126. The third-order valence-corrected chi connectivity index (χ3v) is 12.6. The molecule has 12 rings (SSSR count). The third kappa shape index (κ3) is 5.25. The van der Waals surface area contributed by atoms with E-state index in [0.29, 0.717) is 5.82 Å². The largest absolute Gasteiger partial charge is 0.481 e. The Morgan fingerprint density at radius 3 is 2.07 bits per heavy atom. The van der Waals surface area contributed by atoms with Crippen molar-refractivity contribution in [1.29, 1.82) is 0 Å². The molecule has 0 fully saturated rings. The van der Waals surface area contributed by atoms with Gasteiger partial charge in [0.15, 0.2) is 11.6 Å². The van der Waals surface area contributed by atoms with Gasteiger partial charge in [-0.3, -0.25) is 0 Å². The first-order valence-electron chi connectivity index (χ1n) is 20.6. The molecule has 3 aliphatic rings. The maximum atomic E-state index is 6.82. The highest BCUT2D eigenvalue weighted by atomic mass is 16.5. The van der Waals surface area contributed by atoms with Crippen LogP contribution in [0.15, 0.2) is 193 Å².